The molecule has 0 spiro atoms. The van der Waals surface area contributed by atoms with Crippen molar-refractivity contribution >= 4 is 33.8 Å². The molecule has 3 atom stereocenters. The highest BCUT2D eigenvalue weighted by atomic mass is 32.2. The molecule has 12 nitrogen and oxygen atoms in total. The van der Waals surface area contributed by atoms with Crippen molar-refractivity contribution in [3.8, 4) is 0 Å². The fourth-order valence-corrected chi connectivity index (χ4v) is 7.33. The van der Waals surface area contributed by atoms with E-state index in [-0.39, 0.29) is 38.9 Å². The first-order chi connectivity index (χ1) is 21.4. The first-order valence-corrected chi connectivity index (χ1v) is 17.3. The minimum absolute atomic E-state index is 0.0351. The normalized spacial score (nSPS) is 22.6. The average Bonchev–Trinajstić information content (AvgIpc) is 3.92. The van der Waals surface area contributed by atoms with E-state index in [2.05, 4.69) is 16.1 Å². The number of hydrogen-bond acceptors (Lipinski definition) is 8. The van der Waals surface area contributed by atoms with Crippen LogP contribution in [0.15, 0.2) is 30.4 Å². The number of allylic oxidation sites excluding steroid dienone is 2. The van der Waals surface area contributed by atoms with Gasteiger partial charge < -0.3 is 20.7 Å². The number of unbranched alkanes of at least 4 members (excludes halogenated alkanes) is 3. The molecule has 246 valence electrons. The van der Waals surface area contributed by atoms with Crippen molar-refractivity contribution in [1.29, 1.82) is 0 Å². The summed E-state index contributed by atoms with van der Waals surface area (Å²) in [5.74, 6) is -2.32. The van der Waals surface area contributed by atoms with Gasteiger partial charge in [0.15, 0.2) is 0 Å². The number of sulfonamides is 1. The van der Waals surface area contributed by atoms with Gasteiger partial charge >= 0.3 is 6.09 Å². The molecule has 5 rings (SSSR count). The molecule has 4 N–H and O–H groups in total. The highest BCUT2D eigenvalue weighted by molar-refractivity contribution is 7.91. The lowest BCUT2D eigenvalue weighted by molar-refractivity contribution is -0.140. The third-order valence-electron chi connectivity index (χ3n) is 8.98. The maximum absolute atomic E-state index is 14.2. The quantitative estimate of drug-likeness (QED) is 0.217. The Kier molecular flexibility index (Phi) is 9.83. The Morgan fingerprint density at radius 1 is 1.16 bits per heavy atom. The van der Waals surface area contributed by atoms with Crippen LogP contribution in [-0.2, 0) is 42.2 Å². The average molecular weight is 648 g/mol. The summed E-state index contributed by atoms with van der Waals surface area (Å²) in [5, 5.41) is 2.08. The molecule has 0 bridgehead atoms. The van der Waals surface area contributed by atoms with E-state index in [9.17, 15) is 32.0 Å². The Labute approximate surface area is 262 Å². The summed E-state index contributed by atoms with van der Waals surface area (Å²) in [6, 6.07) is 2.68. The number of likely N-dealkylation sites (tertiary alicyclic amines) is 1. The van der Waals surface area contributed by atoms with Crippen LogP contribution in [0.4, 0.5) is 9.18 Å². The first kappa shape index (κ1) is 32.9. The standard InChI is InChI=1S/C31H42FN5O7S/c1-2-3-4-5-6-7-11-25(33)28(39)37-18-21(44-30(41)36-17-20-9-8-10-24(32)23(20)19-36)16-26(37)27(38)34-31(14-15-31)29(40)35-45(42,43)22-12-13-22/h2-3,8-10,21-22,25-26H,4-7,11-19,33H2,1H3,(H,34,38)(H,35,40)/b3-2-/t21-,25+,26+/m1/s1. The third kappa shape index (κ3) is 7.66. The Morgan fingerprint density at radius 2 is 1.91 bits per heavy atom. The smallest absolute Gasteiger partial charge is 0.410 e. The van der Waals surface area contributed by atoms with Gasteiger partial charge in [0.25, 0.3) is 5.91 Å². The van der Waals surface area contributed by atoms with Gasteiger partial charge in [0.1, 0.15) is 23.5 Å². The second kappa shape index (κ2) is 13.5. The number of amides is 4. The minimum Gasteiger partial charge on any atom is -0.444 e. The summed E-state index contributed by atoms with van der Waals surface area (Å²) in [7, 11) is -3.81. The van der Waals surface area contributed by atoms with E-state index in [1.54, 1.807) is 12.1 Å². The number of fused-ring (bicyclic) bond motifs is 1. The van der Waals surface area contributed by atoms with Crippen LogP contribution < -0.4 is 15.8 Å². The predicted molar refractivity (Wildman–Crippen MR) is 162 cm³/mol. The molecular weight excluding hydrogens is 605 g/mol. The molecule has 14 heteroatoms. The predicted octanol–water partition coefficient (Wildman–Crippen LogP) is 2.36. The number of carbonyl (C=O) groups is 4. The summed E-state index contributed by atoms with van der Waals surface area (Å²) in [6.45, 7) is 2.09. The number of hydrogen-bond donors (Lipinski definition) is 3. The van der Waals surface area contributed by atoms with E-state index in [0.717, 1.165) is 25.7 Å². The van der Waals surface area contributed by atoms with Crippen LogP contribution in [0.25, 0.3) is 0 Å². The number of benzene rings is 1. The maximum atomic E-state index is 14.2. The van der Waals surface area contributed by atoms with E-state index in [1.807, 2.05) is 13.0 Å². The van der Waals surface area contributed by atoms with Gasteiger partial charge in [-0.2, -0.15) is 0 Å². The highest BCUT2D eigenvalue weighted by Crippen LogP contribution is 2.38. The number of ether oxygens (including phenoxy) is 1. The van der Waals surface area contributed by atoms with E-state index in [1.165, 1.54) is 15.9 Å². The van der Waals surface area contributed by atoms with Crippen molar-refractivity contribution in [2.24, 2.45) is 5.73 Å². The van der Waals surface area contributed by atoms with Crippen LogP contribution in [0, 0.1) is 5.82 Å². The number of halogens is 1. The van der Waals surface area contributed by atoms with Crippen molar-refractivity contribution in [1.82, 2.24) is 19.8 Å². The largest absolute Gasteiger partial charge is 0.444 e. The van der Waals surface area contributed by atoms with Crippen molar-refractivity contribution in [3.05, 3.63) is 47.3 Å². The Morgan fingerprint density at radius 3 is 2.58 bits per heavy atom. The van der Waals surface area contributed by atoms with Crippen LogP contribution in [-0.4, -0.2) is 77.6 Å². The molecule has 2 heterocycles. The SMILES string of the molecule is C/C=C\CCCCC[C@H](N)C(=O)N1C[C@H](OC(=O)N2Cc3cccc(F)c3C2)C[C@H]1C(=O)NC1(C(=O)NS(=O)(=O)C2CC2)CC1. The Bertz CT molecular complexity index is 1460. The van der Waals surface area contributed by atoms with Gasteiger partial charge in [0, 0.05) is 18.5 Å². The molecule has 1 aromatic rings. The zero-order valence-electron chi connectivity index (χ0n) is 25.5. The summed E-state index contributed by atoms with van der Waals surface area (Å²) >= 11 is 0. The van der Waals surface area contributed by atoms with Gasteiger partial charge in [-0.1, -0.05) is 37.1 Å². The van der Waals surface area contributed by atoms with Gasteiger partial charge in [-0.15, -0.1) is 0 Å². The van der Waals surface area contributed by atoms with Crippen LogP contribution in [0.3, 0.4) is 0 Å². The molecule has 4 amide bonds. The van der Waals surface area contributed by atoms with E-state index in [4.69, 9.17) is 10.5 Å². The fraction of sp³-hybridized carbons (Fsp3) is 0.613. The zero-order chi connectivity index (χ0) is 32.4. The summed E-state index contributed by atoms with van der Waals surface area (Å²) in [4.78, 5) is 55.8. The van der Waals surface area contributed by atoms with Gasteiger partial charge in [0.2, 0.25) is 21.8 Å². The molecule has 1 saturated heterocycles. The van der Waals surface area contributed by atoms with Crippen molar-refractivity contribution in [3.63, 3.8) is 0 Å². The topological polar surface area (TPSA) is 168 Å². The van der Waals surface area contributed by atoms with E-state index in [0.29, 0.717) is 30.4 Å². The second-order valence-corrected chi connectivity index (χ2v) is 14.5. The number of nitrogens with two attached hydrogens (primary N) is 1. The highest BCUT2D eigenvalue weighted by Gasteiger charge is 2.55. The molecule has 4 aliphatic rings. The molecule has 2 aliphatic carbocycles. The van der Waals surface area contributed by atoms with Crippen molar-refractivity contribution in [2.45, 2.75) is 113 Å². The van der Waals surface area contributed by atoms with Crippen molar-refractivity contribution < 1.29 is 36.7 Å². The molecule has 45 heavy (non-hydrogen) atoms. The fourth-order valence-electron chi connectivity index (χ4n) is 5.95. The molecule has 0 aromatic heterocycles. The number of carbonyl (C=O) groups excluding carboxylic acids is 4. The molecule has 2 saturated carbocycles. The van der Waals surface area contributed by atoms with Crippen molar-refractivity contribution in [2.75, 3.05) is 6.54 Å². The van der Waals surface area contributed by atoms with Crippen LogP contribution in [0.5, 0.6) is 0 Å². The van der Waals surface area contributed by atoms with Gasteiger partial charge in [-0.25, -0.2) is 17.6 Å². The molecule has 1 aromatic carbocycles. The molecule has 2 aliphatic heterocycles. The van der Waals surface area contributed by atoms with Crippen LogP contribution in [0.2, 0.25) is 0 Å². The lowest BCUT2D eigenvalue weighted by Gasteiger charge is -2.28. The monoisotopic (exact) mass is 647 g/mol. The van der Waals surface area contributed by atoms with Crippen LogP contribution in [0.1, 0.15) is 82.3 Å². The summed E-state index contributed by atoms with van der Waals surface area (Å²) in [6.07, 6.45) is 7.86. The number of rotatable bonds is 13. The maximum Gasteiger partial charge on any atom is 0.410 e. The summed E-state index contributed by atoms with van der Waals surface area (Å²) in [5.41, 5.74) is 6.00. The van der Waals surface area contributed by atoms with Gasteiger partial charge in [-0.05, 0) is 63.5 Å². The lowest BCUT2D eigenvalue weighted by Crippen LogP contribution is -2.57. The zero-order valence-corrected chi connectivity index (χ0v) is 26.3. The number of nitrogens with one attached hydrogen (secondary N) is 2. The molecule has 0 radical (unpaired) electrons. The van der Waals surface area contributed by atoms with E-state index < -0.39 is 68.6 Å². The summed E-state index contributed by atoms with van der Waals surface area (Å²) < 4.78 is 46.8. The Hall–Kier alpha value is -3.52. The van der Waals surface area contributed by atoms with E-state index >= 15 is 0 Å². The third-order valence-corrected chi connectivity index (χ3v) is 10.8. The molecule has 0 unspecified atom stereocenters. The lowest BCUT2D eigenvalue weighted by atomic mass is 10.1. The Balaban J connectivity index is 1.24. The molecular formula is C31H42FN5O7S. The second-order valence-electron chi connectivity index (χ2n) is 12.5. The van der Waals surface area contributed by atoms with Gasteiger partial charge in [-0.3, -0.25) is 24.0 Å². The minimum atomic E-state index is -3.81. The first-order valence-electron chi connectivity index (χ1n) is 15.7. The number of nitrogens with zero attached hydrogens (tertiary/aromatic N) is 2. The van der Waals surface area contributed by atoms with Crippen LogP contribution >= 0.6 is 0 Å². The molecule has 3 fully saturated rings. The van der Waals surface area contributed by atoms with Gasteiger partial charge in [0.05, 0.1) is 24.4 Å².